The molecule has 0 unspecified atom stereocenters. The Labute approximate surface area is 190 Å². The second-order valence-corrected chi connectivity index (χ2v) is 7.52. The number of rotatable bonds is 5. The molecule has 0 atom stereocenters. The Hall–Kier alpha value is -1.84. The lowest BCUT2D eigenvalue weighted by atomic mass is 9.93. The van der Waals surface area contributed by atoms with E-state index in [1.807, 2.05) is 17.0 Å². The van der Waals surface area contributed by atoms with Crippen LogP contribution in [0.5, 0.6) is 0 Å². The molecule has 0 bridgehead atoms. The third-order valence-corrected chi connectivity index (χ3v) is 5.65. The van der Waals surface area contributed by atoms with Crippen LogP contribution in [-0.2, 0) is 16.1 Å². The summed E-state index contributed by atoms with van der Waals surface area (Å²) < 4.78 is 0. The average Bonchev–Trinajstić information content (AvgIpc) is 3.16. The van der Waals surface area contributed by atoms with E-state index in [2.05, 4.69) is 32.7 Å². The molecule has 0 spiro atoms. The van der Waals surface area contributed by atoms with Gasteiger partial charge < -0.3 is 20.4 Å². The number of carbonyl (C=O) groups is 2. The first-order valence-electron chi connectivity index (χ1n) is 10.2. The van der Waals surface area contributed by atoms with Crippen LogP contribution in [0.1, 0.15) is 37.7 Å². The maximum atomic E-state index is 11.9. The predicted molar refractivity (Wildman–Crippen MR) is 127 cm³/mol. The van der Waals surface area contributed by atoms with E-state index in [0.29, 0.717) is 25.3 Å². The Morgan fingerprint density at radius 1 is 1.17 bits per heavy atom. The zero-order chi connectivity index (χ0) is 19.9. The first kappa shape index (κ1) is 23.4. The van der Waals surface area contributed by atoms with E-state index in [9.17, 15) is 9.59 Å². The SMILES string of the molecule is CN=C(NCc1ccc(N2CCCC2=O)cc1)N1CCC(CC(=O)NC)CC1.I. The molecule has 8 heteroatoms. The van der Waals surface area contributed by atoms with Crippen LogP contribution in [0.25, 0.3) is 0 Å². The van der Waals surface area contributed by atoms with Crippen molar-refractivity contribution >= 4 is 47.4 Å². The number of nitrogens with one attached hydrogen (secondary N) is 2. The van der Waals surface area contributed by atoms with Gasteiger partial charge in [0.1, 0.15) is 0 Å². The van der Waals surface area contributed by atoms with Crippen molar-refractivity contribution in [2.24, 2.45) is 10.9 Å². The molecule has 0 aliphatic carbocycles. The number of guanidine groups is 1. The first-order chi connectivity index (χ1) is 13.6. The molecule has 160 valence electrons. The zero-order valence-electron chi connectivity index (χ0n) is 17.3. The zero-order valence-corrected chi connectivity index (χ0v) is 19.6. The van der Waals surface area contributed by atoms with Gasteiger partial charge in [0.15, 0.2) is 5.96 Å². The molecule has 2 fully saturated rings. The monoisotopic (exact) mass is 513 g/mol. The van der Waals surface area contributed by atoms with E-state index in [4.69, 9.17) is 0 Å². The molecule has 1 aromatic rings. The van der Waals surface area contributed by atoms with Crippen molar-refractivity contribution in [1.29, 1.82) is 0 Å². The van der Waals surface area contributed by atoms with Crippen molar-refractivity contribution in [2.45, 2.75) is 38.6 Å². The molecule has 2 amide bonds. The summed E-state index contributed by atoms with van der Waals surface area (Å²) in [5, 5.41) is 6.15. The van der Waals surface area contributed by atoms with Crippen LogP contribution in [0.4, 0.5) is 5.69 Å². The normalized spacial score (nSPS) is 17.9. The third-order valence-electron chi connectivity index (χ3n) is 5.65. The minimum Gasteiger partial charge on any atom is -0.359 e. The fourth-order valence-corrected chi connectivity index (χ4v) is 3.94. The summed E-state index contributed by atoms with van der Waals surface area (Å²) in [7, 11) is 3.50. The lowest BCUT2D eigenvalue weighted by molar-refractivity contribution is -0.121. The molecule has 0 radical (unpaired) electrons. The fraction of sp³-hybridized carbons (Fsp3) is 0.571. The van der Waals surface area contributed by atoms with Gasteiger partial charge in [-0.25, -0.2) is 0 Å². The smallest absolute Gasteiger partial charge is 0.227 e. The van der Waals surface area contributed by atoms with Gasteiger partial charge in [0.05, 0.1) is 0 Å². The van der Waals surface area contributed by atoms with Crippen molar-refractivity contribution in [2.75, 3.05) is 38.6 Å². The number of aliphatic imine (C=N–C) groups is 1. The molecule has 2 aliphatic rings. The van der Waals surface area contributed by atoms with Crippen LogP contribution in [0.2, 0.25) is 0 Å². The summed E-state index contributed by atoms with van der Waals surface area (Å²) in [6.45, 7) is 3.34. The number of benzene rings is 1. The van der Waals surface area contributed by atoms with Gasteiger partial charge >= 0.3 is 0 Å². The van der Waals surface area contributed by atoms with Crippen LogP contribution < -0.4 is 15.5 Å². The van der Waals surface area contributed by atoms with Gasteiger partial charge in [0, 0.05) is 58.8 Å². The number of piperidine rings is 1. The summed E-state index contributed by atoms with van der Waals surface area (Å²) in [5.41, 5.74) is 2.14. The minimum atomic E-state index is 0. The van der Waals surface area contributed by atoms with Crippen LogP contribution in [-0.4, -0.2) is 56.4 Å². The highest BCUT2D eigenvalue weighted by molar-refractivity contribution is 14.0. The maximum absolute atomic E-state index is 11.9. The van der Waals surface area contributed by atoms with E-state index in [-0.39, 0.29) is 35.8 Å². The number of hydrogen-bond acceptors (Lipinski definition) is 3. The van der Waals surface area contributed by atoms with Crippen molar-refractivity contribution in [1.82, 2.24) is 15.5 Å². The van der Waals surface area contributed by atoms with Crippen molar-refractivity contribution in [3.63, 3.8) is 0 Å². The predicted octanol–water partition coefficient (Wildman–Crippen LogP) is 2.35. The molecular formula is C21H32IN5O2. The minimum absolute atomic E-state index is 0. The summed E-state index contributed by atoms with van der Waals surface area (Å²) in [4.78, 5) is 32.0. The van der Waals surface area contributed by atoms with E-state index in [1.165, 1.54) is 0 Å². The molecule has 0 aromatic heterocycles. The van der Waals surface area contributed by atoms with Crippen LogP contribution in [0.15, 0.2) is 29.3 Å². The highest BCUT2D eigenvalue weighted by atomic mass is 127. The van der Waals surface area contributed by atoms with Gasteiger partial charge in [-0.3, -0.25) is 14.6 Å². The molecule has 1 aromatic carbocycles. The molecule has 2 saturated heterocycles. The molecule has 2 aliphatic heterocycles. The number of likely N-dealkylation sites (tertiary alicyclic amines) is 1. The maximum Gasteiger partial charge on any atom is 0.227 e. The molecule has 3 rings (SSSR count). The van der Waals surface area contributed by atoms with E-state index in [0.717, 1.165) is 56.1 Å². The summed E-state index contributed by atoms with van der Waals surface area (Å²) in [6, 6.07) is 8.17. The number of carbonyl (C=O) groups excluding carboxylic acids is 2. The Kier molecular flexibility index (Phi) is 9.19. The molecule has 7 nitrogen and oxygen atoms in total. The second kappa shape index (κ2) is 11.4. The summed E-state index contributed by atoms with van der Waals surface area (Å²) >= 11 is 0. The summed E-state index contributed by atoms with van der Waals surface area (Å²) in [6.07, 6.45) is 4.22. The van der Waals surface area contributed by atoms with Gasteiger partial charge in [-0.05, 0) is 42.9 Å². The van der Waals surface area contributed by atoms with E-state index in [1.54, 1.807) is 14.1 Å². The molecule has 29 heavy (non-hydrogen) atoms. The quantitative estimate of drug-likeness (QED) is 0.360. The van der Waals surface area contributed by atoms with Gasteiger partial charge in [-0.15, -0.1) is 24.0 Å². The van der Waals surface area contributed by atoms with Gasteiger partial charge in [-0.1, -0.05) is 12.1 Å². The largest absolute Gasteiger partial charge is 0.359 e. The van der Waals surface area contributed by atoms with E-state index < -0.39 is 0 Å². The molecule has 0 saturated carbocycles. The van der Waals surface area contributed by atoms with E-state index >= 15 is 0 Å². The summed E-state index contributed by atoms with van der Waals surface area (Å²) in [5.74, 6) is 1.69. The van der Waals surface area contributed by atoms with Crippen molar-refractivity contribution in [3.05, 3.63) is 29.8 Å². The second-order valence-electron chi connectivity index (χ2n) is 7.52. The van der Waals surface area contributed by atoms with Gasteiger partial charge in [-0.2, -0.15) is 0 Å². The Morgan fingerprint density at radius 3 is 2.41 bits per heavy atom. The lowest BCUT2D eigenvalue weighted by Crippen LogP contribution is -2.45. The molecule has 2 N–H and O–H groups in total. The first-order valence-corrected chi connectivity index (χ1v) is 10.2. The number of halogens is 1. The number of hydrogen-bond donors (Lipinski definition) is 2. The van der Waals surface area contributed by atoms with Crippen LogP contribution in [0.3, 0.4) is 0 Å². The average molecular weight is 513 g/mol. The highest BCUT2D eigenvalue weighted by Gasteiger charge is 2.23. The van der Waals surface area contributed by atoms with Gasteiger partial charge in [0.2, 0.25) is 11.8 Å². The Balaban J connectivity index is 0.00000300. The molecular weight excluding hydrogens is 481 g/mol. The topological polar surface area (TPSA) is 77.0 Å². The van der Waals surface area contributed by atoms with Crippen molar-refractivity contribution in [3.8, 4) is 0 Å². The third kappa shape index (κ3) is 6.32. The van der Waals surface area contributed by atoms with Crippen LogP contribution >= 0.6 is 24.0 Å². The number of nitrogens with zero attached hydrogens (tertiary/aromatic N) is 3. The Morgan fingerprint density at radius 2 is 1.86 bits per heavy atom. The molecule has 2 heterocycles. The van der Waals surface area contributed by atoms with Crippen LogP contribution in [0, 0.1) is 5.92 Å². The standard InChI is InChI=1S/C21H31N5O2.HI/c1-22-19(27)14-16-9-12-25(13-10-16)21(23-2)24-15-17-5-7-18(8-6-17)26-11-3-4-20(26)28;/h5-8,16H,3-4,9-15H2,1-2H3,(H,22,27)(H,23,24);1H. The highest BCUT2D eigenvalue weighted by Crippen LogP contribution is 2.22. The van der Waals surface area contributed by atoms with Gasteiger partial charge in [0.25, 0.3) is 0 Å². The lowest BCUT2D eigenvalue weighted by Gasteiger charge is -2.34. The Bertz CT molecular complexity index is 714. The number of amides is 2. The number of anilines is 1. The fourth-order valence-electron chi connectivity index (χ4n) is 3.94. The van der Waals surface area contributed by atoms with Crippen molar-refractivity contribution < 1.29 is 9.59 Å².